The van der Waals surface area contributed by atoms with Gasteiger partial charge in [-0.3, -0.25) is 4.79 Å². The third-order valence-corrected chi connectivity index (χ3v) is 5.56. The number of fused-ring (bicyclic) bond motifs is 1. The second-order valence-corrected chi connectivity index (χ2v) is 9.27. The van der Waals surface area contributed by atoms with Crippen molar-refractivity contribution in [2.24, 2.45) is 16.7 Å². The summed E-state index contributed by atoms with van der Waals surface area (Å²) in [6.45, 7) is 9.35. The summed E-state index contributed by atoms with van der Waals surface area (Å²) in [5.41, 5.74) is 3.74. The molecule has 1 amide bonds. The first-order valence-corrected chi connectivity index (χ1v) is 8.99. The summed E-state index contributed by atoms with van der Waals surface area (Å²) in [4.78, 5) is 16.9. The third kappa shape index (κ3) is 2.72. The SMILES string of the molecule is Cc1cc2c(ccn2CC23CC(C2)C3)nc1NC(=O)CC(C)(C)C. The van der Waals surface area contributed by atoms with Crippen LogP contribution in [0.15, 0.2) is 18.3 Å². The smallest absolute Gasteiger partial charge is 0.226 e. The fraction of sp³-hybridized carbons (Fsp3) is 0.600. The predicted octanol–water partition coefficient (Wildman–Crippen LogP) is 4.52. The lowest BCUT2D eigenvalue weighted by Crippen LogP contribution is -2.53. The Morgan fingerprint density at radius 2 is 2.08 bits per heavy atom. The number of carbonyl (C=O) groups is 1. The Kier molecular flexibility index (Phi) is 3.32. The van der Waals surface area contributed by atoms with Crippen LogP contribution >= 0.6 is 0 Å². The Bertz CT molecular complexity index is 795. The van der Waals surface area contributed by atoms with Crippen molar-refractivity contribution in [3.63, 3.8) is 0 Å². The maximum atomic E-state index is 12.2. The Balaban J connectivity index is 1.55. The summed E-state index contributed by atoms with van der Waals surface area (Å²) >= 11 is 0. The molecule has 3 aliphatic rings. The molecular weight excluding hydrogens is 298 g/mol. The van der Waals surface area contributed by atoms with Crippen LogP contribution in [0.25, 0.3) is 11.0 Å². The normalized spacial score (nSPS) is 25.2. The fourth-order valence-electron chi connectivity index (χ4n) is 4.34. The number of carbonyl (C=O) groups excluding carboxylic acids is 1. The first kappa shape index (κ1) is 15.7. The molecular formula is C20H27N3O. The number of aromatic nitrogens is 2. The van der Waals surface area contributed by atoms with Gasteiger partial charge in [-0.2, -0.15) is 0 Å². The summed E-state index contributed by atoms with van der Waals surface area (Å²) in [5.74, 6) is 1.74. The number of pyridine rings is 1. The van der Waals surface area contributed by atoms with E-state index in [1.807, 2.05) is 6.92 Å². The average molecular weight is 325 g/mol. The zero-order valence-corrected chi connectivity index (χ0v) is 15.1. The summed E-state index contributed by atoms with van der Waals surface area (Å²) in [7, 11) is 0. The summed E-state index contributed by atoms with van der Waals surface area (Å²) in [5, 5.41) is 2.99. The van der Waals surface area contributed by atoms with Crippen LogP contribution in [-0.2, 0) is 11.3 Å². The van der Waals surface area contributed by atoms with E-state index in [0.717, 1.165) is 23.5 Å². The van der Waals surface area contributed by atoms with Crippen molar-refractivity contribution in [1.29, 1.82) is 0 Å². The second-order valence-electron chi connectivity index (χ2n) is 9.27. The summed E-state index contributed by atoms with van der Waals surface area (Å²) < 4.78 is 2.35. The molecule has 4 heteroatoms. The van der Waals surface area contributed by atoms with Gasteiger partial charge in [0.25, 0.3) is 0 Å². The Hall–Kier alpha value is -1.84. The molecule has 1 N–H and O–H groups in total. The largest absolute Gasteiger partial charge is 0.346 e. The van der Waals surface area contributed by atoms with Gasteiger partial charge in [0.05, 0.1) is 11.0 Å². The van der Waals surface area contributed by atoms with Crippen LogP contribution in [0.1, 0.15) is 52.0 Å². The van der Waals surface area contributed by atoms with Crippen LogP contribution in [-0.4, -0.2) is 15.5 Å². The van der Waals surface area contributed by atoms with E-state index in [0.29, 0.717) is 17.7 Å². The minimum Gasteiger partial charge on any atom is -0.346 e. The third-order valence-electron chi connectivity index (χ3n) is 5.56. The number of aryl methyl sites for hydroxylation is 1. The quantitative estimate of drug-likeness (QED) is 0.898. The highest BCUT2D eigenvalue weighted by Gasteiger charge is 2.56. The highest BCUT2D eigenvalue weighted by Crippen LogP contribution is 2.65. The van der Waals surface area contributed by atoms with Gasteiger partial charge >= 0.3 is 0 Å². The van der Waals surface area contributed by atoms with E-state index in [4.69, 9.17) is 4.98 Å². The number of nitrogens with zero attached hydrogens (tertiary/aromatic N) is 2. The topological polar surface area (TPSA) is 46.9 Å². The molecule has 4 nitrogen and oxygen atoms in total. The zero-order chi connectivity index (χ0) is 17.1. The number of hydrogen-bond donors (Lipinski definition) is 1. The highest BCUT2D eigenvalue weighted by atomic mass is 16.1. The van der Waals surface area contributed by atoms with Crippen molar-refractivity contribution in [3.8, 4) is 0 Å². The van der Waals surface area contributed by atoms with E-state index < -0.39 is 0 Å². The molecule has 3 aliphatic carbocycles. The van der Waals surface area contributed by atoms with Crippen molar-refractivity contribution >= 4 is 22.8 Å². The predicted molar refractivity (Wildman–Crippen MR) is 96.9 cm³/mol. The van der Waals surface area contributed by atoms with E-state index in [9.17, 15) is 4.79 Å². The number of amides is 1. The van der Waals surface area contributed by atoms with Crippen LogP contribution in [0.5, 0.6) is 0 Å². The summed E-state index contributed by atoms with van der Waals surface area (Å²) in [6, 6.07) is 4.24. The number of hydrogen-bond acceptors (Lipinski definition) is 2. The summed E-state index contributed by atoms with van der Waals surface area (Å²) in [6.07, 6.45) is 6.86. The Morgan fingerprint density at radius 1 is 1.38 bits per heavy atom. The van der Waals surface area contributed by atoms with Crippen LogP contribution in [0.4, 0.5) is 5.82 Å². The molecule has 128 valence electrons. The molecule has 0 aliphatic heterocycles. The molecule has 0 atom stereocenters. The van der Waals surface area contributed by atoms with Gasteiger partial charge in [0.1, 0.15) is 5.82 Å². The van der Waals surface area contributed by atoms with E-state index in [-0.39, 0.29) is 11.3 Å². The van der Waals surface area contributed by atoms with E-state index in [1.165, 1.54) is 24.8 Å². The van der Waals surface area contributed by atoms with Crippen molar-refractivity contribution in [2.75, 3.05) is 5.32 Å². The molecule has 2 aromatic heterocycles. The lowest BCUT2D eigenvalue weighted by atomic mass is 9.44. The van der Waals surface area contributed by atoms with Crippen LogP contribution in [0, 0.1) is 23.7 Å². The molecule has 2 bridgehead atoms. The molecule has 0 aromatic carbocycles. The first-order chi connectivity index (χ1) is 11.2. The maximum absolute atomic E-state index is 12.2. The second kappa shape index (κ2) is 5.08. The van der Waals surface area contributed by atoms with Crippen LogP contribution in [0.2, 0.25) is 0 Å². The Labute approximate surface area is 143 Å². The zero-order valence-electron chi connectivity index (χ0n) is 15.1. The fourth-order valence-corrected chi connectivity index (χ4v) is 4.34. The highest BCUT2D eigenvalue weighted by molar-refractivity contribution is 5.92. The molecule has 0 spiro atoms. The van der Waals surface area contributed by atoms with E-state index in [1.54, 1.807) is 0 Å². The molecule has 5 rings (SSSR count). The number of nitrogens with one attached hydrogen (secondary N) is 1. The minimum atomic E-state index is -0.0197. The van der Waals surface area contributed by atoms with Gasteiger partial charge < -0.3 is 9.88 Å². The molecule has 2 heterocycles. The number of rotatable bonds is 4. The van der Waals surface area contributed by atoms with Crippen molar-refractivity contribution < 1.29 is 4.79 Å². The van der Waals surface area contributed by atoms with Crippen molar-refractivity contribution in [1.82, 2.24) is 9.55 Å². The minimum absolute atomic E-state index is 0.0197. The molecule has 0 unspecified atom stereocenters. The van der Waals surface area contributed by atoms with Gasteiger partial charge in [-0.1, -0.05) is 20.8 Å². The molecule has 2 aromatic rings. The Morgan fingerprint density at radius 3 is 2.67 bits per heavy atom. The van der Waals surface area contributed by atoms with Gasteiger partial charge in [-0.15, -0.1) is 0 Å². The lowest BCUT2D eigenvalue weighted by molar-refractivity contribution is -0.118. The van der Waals surface area contributed by atoms with Crippen molar-refractivity contribution in [2.45, 2.75) is 59.9 Å². The van der Waals surface area contributed by atoms with Gasteiger partial charge in [-0.05, 0) is 60.6 Å². The van der Waals surface area contributed by atoms with Gasteiger partial charge in [0.15, 0.2) is 0 Å². The molecule has 3 fully saturated rings. The van der Waals surface area contributed by atoms with Gasteiger partial charge in [-0.25, -0.2) is 4.98 Å². The lowest BCUT2D eigenvalue weighted by Gasteiger charge is -2.62. The van der Waals surface area contributed by atoms with E-state index >= 15 is 0 Å². The van der Waals surface area contributed by atoms with Crippen LogP contribution in [0.3, 0.4) is 0 Å². The molecule has 24 heavy (non-hydrogen) atoms. The van der Waals surface area contributed by atoms with Crippen LogP contribution < -0.4 is 5.32 Å². The van der Waals surface area contributed by atoms with Gasteiger partial charge in [0, 0.05) is 19.2 Å². The molecule has 0 radical (unpaired) electrons. The standard InChI is InChI=1S/C20H27N3O/c1-13-7-16-15(21-18(13)22-17(24)11-19(2,3)4)5-6-23(16)12-20-8-14(9-20)10-20/h5-7,14H,8-12H2,1-4H3,(H,21,22,24). The average Bonchev–Trinajstić information content (AvgIpc) is 2.72. The maximum Gasteiger partial charge on any atom is 0.226 e. The first-order valence-electron chi connectivity index (χ1n) is 8.99. The van der Waals surface area contributed by atoms with Gasteiger partial charge in [0.2, 0.25) is 5.91 Å². The molecule has 3 saturated carbocycles. The number of anilines is 1. The van der Waals surface area contributed by atoms with Crippen molar-refractivity contribution in [3.05, 3.63) is 23.9 Å². The monoisotopic (exact) mass is 325 g/mol. The molecule has 0 saturated heterocycles. The van der Waals surface area contributed by atoms with E-state index in [2.05, 4.69) is 49.0 Å².